The van der Waals surface area contributed by atoms with Gasteiger partial charge in [-0.2, -0.15) is 5.10 Å². The molecule has 2 aromatic rings. The Balaban J connectivity index is 2.18. The first-order valence-electron chi connectivity index (χ1n) is 7.56. The van der Waals surface area contributed by atoms with Crippen LogP contribution in [0.5, 0.6) is 0 Å². The quantitative estimate of drug-likeness (QED) is 0.889. The van der Waals surface area contributed by atoms with Crippen LogP contribution in [0.25, 0.3) is 0 Å². The monoisotopic (exact) mass is 314 g/mol. The van der Waals surface area contributed by atoms with Gasteiger partial charge in [-0.25, -0.2) is 0 Å². The molecule has 0 fully saturated rings. The first-order valence-corrected chi connectivity index (χ1v) is 7.56. The van der Waals surface area contributed by atoms with E-state index in [-0.39, 0.29) is 11.8 Å². The number of aromatic nitrogens is 2. The lowest BCUT2D eigenvalue weighted by atomic mass is 10.1. The van der Waals surface area contributed by atoms with Crippen molar-refractivity contribution in [2.24, 2.45) is 13.0 Å². The van der Waals surface area contributed by atoms with Crippen molar-refractivity contribution in [2.45, 2.75) is 20.8 Å². The van der Waals surface area contributed by atoms with Crippen LogP contribution in [-0.2, 0) is 7.05 Å². The van der Waals surface area contributed by atoms with Crippen LogP contribution in [0.4, 0.5) is 5.69 Å². The van der Waals surface area contributed by atoms with E-state index >= 15 is 0 Å². The van der Waals surface area contributed by atoms with Crippen LogP contribution in [0.15, 0.2) is 30.5 Å². The predicted molar refractivity (Wildman–Crippen MR) is 89.5 cm³/mol. The summed E-state index contributed by atoms with van der Waals surface area (Å²) in [5.74, 6) is -0.171. The highest BCUT2D eigenvalue weighted by molar-refractivity contribution is 6.08. The van der Waals surface area contributed by atoms with E-state index in [9.17, 15) is 9.59 Å². The van der Waals surface area contributed by atoms with Gasteiger partial charge in [0.2, 0.25) is 0 Å². The molecule has 0 aliphatic rings. The van der Waals surface area contributed by atoms with Crippen molar-refractivity contribution in [3.05, 3.63) is 47.3 Å². The zero-order valence-electron chi connectivity index (χ0n) is 13.9. The van der Waals surface area contributed by atoms with E-state index in [1.54, 1.807) is 19.2 Å². The van der Waals surface area contributed by atoms with Gasteiger partial charge in [-0.1, -0.05) is 31.5 Å². The molecule has 23 heavy (non-hydrogen) atoms. The highest BCUT2D eigenvalue weighted by Crippen LogP contribution is 2.16. The minimum Gasteiger partial charge on any atom is -0.350 e. The summed E-state index contributed by atoms with van der Waals surface area (Å²) < 4.78 is 1.46. The van der Waals surface area contributed by atoms with Crippen molar-refractivity contribution in [3.63, 3.8) is 0 Å². The Morgan fingerprint density at radius 1 is 1.26 bits per heavy atom. The third-order valence-electron chi connectivity index (χ3n) is 3.35. The van der Waals surface area contributed by atoms with E-state index in [0.29, 0.717) is 29.4 Å². The number of nitrogens with one attached hydrogen (secondary N) is 2. The summed E-state index contributed by atoms with van der Waals surface area (Å²) in [6.07, 6.45) is 1.48. The maximum absolute atomic E-state index is 12.3. The third-order valence-corrected chi connectivity index (χ3v) is 3.35. The van der Waals surface area contributed by atoms with Gasteiger partial charge < -0.3 is 10.6 Å². The van der Waals surface area contributed by atoms with Crippen molar-refractivity contribution in [1.29, 1.82) is 0 Å². The molecule has 0 bridgehead atoms. The van der Waals surface area contributed by atoms with Gasteiger partial charge in [0.05, 0.1) is 11.9 Å². The fourth-order valence-electron chi connectivity index (χ4n) is 2.16. The summed E-state index contributed by atoms with van der Waals surface area (Å²) in [4.78, 5) is 24.6. The molecule has 1 heterocycles. The highest BCUT2D eigenvalue weighted by Gasteiger charge is 2.19. The van der Waals surface area contributed by atoms with Crippen LogP contribution < -0.4 is 10.6 Å². The average Bonchev–Trinajstić information content (AvgIpc) is 2.85. The number of nitrogens with zero attached hydrogens (tertiary/aromatic N) is 2. The van der Waals surface area contributed by atoms with Crippen LogP contribution in [0.3, 0.4) is 0 Å². The average molecular weight is 314 g/mol. The molecule has 0 atom stereocenters. The van der Waals surface area contributed by atoms with Gasteiger partial charge in [-0.15, -0.1) is 0 Å². The summed E-state index contributed by atoms with van der Waals surface area (Å²) >= 11 is 0. The SMILES string of the molecule is Cc1cccc(C(=O)Nc2cnn(C)c2C(=O)NCC(C)C)c1. The second-order valence-corrected chi connectivity index (χ2v) is 5.96. The van der Waals surface area contributed by atoms with Gasteiger partial charge in [0.1, 0.15) is 5.69 Å². The van der Waals surface area contributed by atoms with Gasteiger partial charge in [0.25, 0.3) is 11.8 Å². The molecule has 2 amide bonds. The predicted octanol–water partition coefficient (Wildman–Crippen LogP) is 2.37. The molecule has 1 aromatic carbocycles. The summed E-state index contributed by atoms with van der Waals surface area (Å²) in [7, 11) is 1.67. The molecule has 122 valence electrons. The maximum Gasteiger partial charge on any atom is 0.271 e. The van der Waals surface area contributed by atoms with E-state index in [1.165, 1.54) is 10.9 Å². The molecule has 2 N–H and O–H groups in total. The summed E-state index contributed by atoms with van der Waals surface area (Å²) in [5, 5.41) is 9.67. The maximum atomic E-state index is 12.3. The minimum absolute atomic E-state index is 0.252. The summed E-state index contributed by atoms with van der Waals surface area (Å²) in [6, 6.07) is 7.27. The Kier molecular flexibility index (Phi) is 5.16. The van der Waals surface area contributed by atoms with E-state index < -0.39 is 0 Å². The molecule has 0 radical (unpaired) electrons. The van der Waals surface area contributed by atoms with Crippen LogP contribution >= 0.6 is 0 Å². The topological polar surface area (TPSA) is 76.0 Å². The van der Waals surface area contributed by atoms with Crippen molar-refractivity contribution in [1.82, 2.24) is 15.1 Å². The van der Waals surface area contributed by atoms with Gasteiger partial charge in [-0.05, 0) is 25.0 Å². The number of aryl methyl sites for hydroxylation is 2. The van der Waals surface area contributed by atoms with E-state index in [1.807, 2.05) is 32.9 Å². The second-order valence-electron chi connectivity index (χ2n) is 5.96. The molecule has 2 rings (SSSR count). The Morgan fingerprint density at radius 3 is 2.65 bits per heavy atom. The van der Waals surface area contributed by atoms with Crippen LogP contribution in [0.2, 0.25) is 0 Å². The van der Waals surface area contributed by atoms with Crippen LogP contribution in [-0.4, -0.2) is 28.1 Å². The largest absolute Gasteiger partial charge is 0.350 e. The normalized spacial score (nSPS) is 10.7. The Hall–Kier alpha value is -2.63. The number of hydrogen-bond acceptors (Lipinski definition) is 3. The van der Waals surface area contributed by atoms with Crippen molar-refractivity contribution < 1.29 is 9.59 Å². The van der Waals surface area contributed by atoms with Gasteiger partial charge in [0, 0.05) is 19.2 Å². The fourth-order valence-corrected chi connectivity index (χ4v) is 2.16. The van der Waals surface area contributed by atoms with Crippen molar-refractivity contribution in [2.75, 3.05) is 11.9 Å². The Bertz CT molecular complexity index is 719. The first-order chi connectivity index (χ1) is 10.9. The highest BCUT2D eigenvalue weighted by atomic mass is 16.2. The molecule has 1 aromatic heterocycles. The first kappa shape index (κ1) is 16.7. The number of carbonyl (C=O) groups excluding carboxylic acids is 2. The fraction of sp³-hybridized carbons (Fsp3) is 0.353. The lowest BCUT2D eigenvalue weighted by Gasteiger charge is -2.10. The van der Waals surface area contributed by atoms with E-state index in [4.69, 9.17) is 0 Å². The number of benzene rings is 1. The molecule has 6 nitrogen and oxygen atoms in total. The number of amides is 2. The van der Waals surface area contributed by atoms with E-state index in [0.717, 1.165) is 5.56 Å². The molecule has 0 saturated heterocycles. The second kappa shape index (κ2) is 7.09. The zero-order chi connectivity index (χ0) is 17.0. The van der Waals surface area contributed by atoms with Gasteiger partial charge in [-0.3, -0.25) is 14.3 Å². The number of rotatable bonds is 5. The molecule has 0 spiro atoms. The molecular formula is C17H22N4O2. The lowest BCUT2D eigenvalue weighted by molar-refractivity contribution is 0.0940. The Labute approximate surface area is 135 Å². The standard InChI is InChI=1S/C17H22N4O2/c1-11(2)9-18-17(23)15-14(10-19-21(15)4)20-16(22)13-7-5-6-12(3)8-13/h5-8,10-11H,9H2,1-4H3,(H,18,23)(H,20,22). The van der Waals surface area contributed by atoms with E-state index in [2.05, 4.69) is 15.7 Å². The zero-order valence-corrected chi connectivity index (χ0v) is 13.9. The molecule has 0 unspecified atom stereocenters. The Morgan fingerprint density at radius 2 is 2.00 bits per heavy atom. The summed E-state index contributed by atoms with van der Waals surface area (Å²) in [5.41, 5.74) is 2.29. The lowest BCUT2D eigenvalue weighted by Crippen LogP contribution is -2.30. The van der Waals surface area contributed by atoms with Crippen molar-refractivity contribution in [3.8, 4) is 0 Å². The number of carbonyl (C=O) groups is 2. The molecule has 0 aliphatic heterocycles. The minimum atomic E-state index is -0.264. The number of anilines is 1. The molecule has 0 aliphatic carbocycles. The van der Waals surface area contributed by atoms with Crippen LogP contribution in [0.1, 0.15) is 40.3 Å². The smallest absolute Gasteiger partial charge is 0.271 e. The van der Waals surface area contributed by atoms with Gasteiger partial charge >= 0.3 is 0 Å². The molecule has 6 heteroatoms. The number of hydrogen-bond donors (Lipinski definition) is 2. The van der Waals surface area contributed by atoms with Crippen LogP contribution in [0, 0.1) is 12.8 Å². The molecule has 0 saturated carbocycles. The molecular weight excluding hydrogens is 292 g/mol. The summed E-state index contributed by atoms with van der Waals surface area (Å²) in [6.45, 7) is 6.52. The third kappa shape index (κ3) is 4.18. The van der Waals surface area contributed by atoms with Gasteiger partial charge in [0.15, 0.2) is 0 Å². The van der Waals surface area contributed by atoms with Crippen molar-refractivity contribution >= 4 is 17.5 Å².